The average Bonchev–Trinajstić information content (AvgIpc) is 2.69. The molecule has 1 heterocycles. The molecule has 6 heteroatoms. The van der Waals surface area contributed by atoms with E-state index in [0.717, 1.165) is 5.56 Å². The summed E-state index contributed by atoms with van der Waals surface area (Å²) in [6.07, 6.45) is 2.16. The van der Waals surface area contributed by atoms with Gasteiger partial charge in [0.2, 0.25) is 0 Å². The van der Waals surface area contributed by atoms with Crippen LogP contribution >= 0.6 is 11.6 Å². The molecule has 1 unspecified atom stereocenters. The molecule has 0 fully saturated rings. The fraction of sp³-hybridized carbons (Fsp3) is 0.261. The van der Waals surface area contributed by atoms with Gasteiger partial charge < -0.3 is 5.11 Å². The van der Waals surface area contributed by atoms with Crippen LogP contribution in [0.4, 0.5) is 0 Å². The second-order valence-corrected chi connectivity index (χ2v) is 10.5. The number of aliphatic hydroxyl groups is 1. The number of nitrogens with zero attached hydrogens (tertiary/aromatic N) is 1. The number of halogens is 1. The first-order valence-electron chi connectivity index (χ1n) is 9.27. The lowest BCUT2D eigenvalue weighted by Gasteiger charge is -2.19. The van der Waals surface area contributed by atoms with Crippen molar-refractivity contribution in [3.63, 3.8) is 0 Å². The number of hydrogen-bond acceptors (Lipinski definition) is 4. The van der Waals surface area contributed by atoms with Crippen LogP contribution in [-0.2, 0) is 21.0 Å². The third-order valence-corrected chi connectivity index (χ3v) is 6.77. The molecule has 0 spiro atoms. The van der Waals surface area contributed by atoms with E-state index in [1.807, 2.05) is 12.1 Å². The number of pyridine rings is 1. The SMILES string of the molecule is CC(C)(C)c1ccc(S(=O)(=O)Cc2ccc(Cl)cc2C(O)c2ccncc2)cc1. The van der Waals surface area contributed by atoms with Crippen molar-refractivity contribution in [1.82, 2.24) is 4.98 Å². The third-order valence-electron chi connectivity index (χ3n) is 4.85. The maximum absolute atomic E-state index is 13.0. The Kier molecular flexibility index (Phi) is 6.13. The van der Waals surface area contributed by atoms with Gasteiger partial charge in [0.05, 0.1) is 10.6 Å². The Morgan fingerprint density at radius 2 is 1.62 bits per heavy atom. The predicted octanol–water partition coefficient (Wildman–Crippen LogP) is 5.09. The summed E-state index contributed by atoms with van der Waals surface area (Å²) < 4.78 is 26.1. The van der Waals surface area contributed by atoms with E-state index in [4.69, 9.17) is 11.6 Å². The third kappa shape index (κ3) is 5.04. The summed E-state index contributed by atoms with van der Waals surface area (Å²) in [5, 5.41) is 11.2. The van der Waals surface area contributed by atoms with Crippen molar-refractivity contribution in [3.8, 4) is 0 Å². The highest BCUT2D eigenvalue weighted by Crippen LogP contribution is 2.30. The van der Waals surface area contributed by atoms with Gasteiger partial charge in [0.25, 0.3) is 0 Å². The van der Waals surface area contributed by atoms with E-state index < -0.39 is 15.9 Å². The summed E-state index contributed by atoms with van der Waals surface area (Å²) in [4.78, 5) is 4.21. The minimum atomic E-state index is -3.59. The molecule has 0 aliphatic carbocycles. The number of rotatable bonds is 5. The number of aliphatic hydroxyl groups excluding tert-OH is 1. The molecule has 1 N–H and O–H groups in total. The normalized spacial score (nSPS) is 13.3. The van der Waals surface area contributed by atoms with Crippen molar-refractivity contribution in [2.75, 3.05) is 0 Å². The molecule has 2 aromatic carbocycles. The van der Waals surface area contributed by atoms with Gasteiger partial charge in [-0.3, -0.25) is 4.98 Å². The number of aromatic nitrogens is 1. The van der Waals surface area contributed by atoms with Crippen molar-refractivity contribution in [1.29, 1.82) is 0 Å². The summed E-state index contributed by atoms with van der Waals surface area (Å²) in [7, 11) is -3.59. The highest BCUT2D eigenvalue weighted by atomic mass is 35.5. The van der Waals surface area contributed by atoms with Crippen LogP contribution in [0.2, 0.25) is 5.02 Å². The largest absolute Gasteiger partial charge is 0.384 e. The van der Waals surface area contributed by atoms with E-state index in [2.05, 4.69) is 25.8 Å². The van der Waals surface area contributed by atoms with Crippen LogP contribution in [0.5, 0.6) is 0 Å². The van der Waals surface area contributed by atoms with Crippen LogP contribution < -0.4 is 0 Å². The summed E-state index contributed by atoms with van der Waals surface area (Å²) in [6.45, 7) is 6.24. The Morgan fingerprint density at radius 3 is 2.21 bits per heavy atom. The zero-order valence-corrected chi connectivity index (χ0v) is 18.2. The highest BCUT2D eigenvalue weighted by molar-refractivity contribution is 7.90. The molecule has 1 atom stereocenters. The monoisotopic (exact) mass is 429 g/mol. The molecule has 0 saturated heterocycles. The maximum Gasteiger partial charge on any atom is 0.182 e. The van der Waals surface area contributed by atoms with Gasteiger partial charge in [-0.15, -0.1) is 0 Å². The van der Waals surface area contributed by atoms with E-state index >= 15 is 0 Å². The zero-order chi connectivity index (χ0) is 21.2. The molecule has 0 amide bonds. The minimum absolute atomic E-state index is 0.0553. The van der Waals surface area contributed by atoms with Gasteiger partial charge in [0.1, 0.15) is 6.10 Å². The van der Waals surface area contributed by atoms with E-state index in [1.54, 1.807) is 54.9 Å². The summed E-state index contributed by atoms with van der Waals surface area (Å²) in [5.74, 6) is -0.226. The molecule has 0 radical (unpaired) electrons. The Balaban J connectivity index is 1.95. The molecule has 3 aromatic rings. The zero-order valence-electron chi connectivity index (χ0n) is 16.6. The quantitative estimate of drug-likeness (QED) is 0.613. The topological polar surface area (TPSA) is 67.3 Å². The first-order valence-corrected chi connectivity index (χ1v) is 11.3. The molecule has 0 aliphatic heterocycles. The first-order chi connectivity index (χ1) is 13.6. The molecule has 4 nitrogen and oxygen atoms in total. The number of sulfone groups is 1. The Labute approximate surface area is 177 Å². The van der Waals surface area contributed by atoms with Gasteiger partial charge in [0, 0.05) is 17.4 Å². The van der Waals surface area contributed by atoms with Gasteiger partial charge in [-0.25, -0.2) is 8.42 Å². The molecule has 0 aliphatic rings. The van der Waals surface area contributed by atoms with Crippen LogP contribution in [0, 0.1) is 0 Å². The lowest BCUT2D eigenvalue weighted by molar-refractivity contribution is 0.219. The molecule has 0 bridgehead atoms. The Bertz CT molecular complexity index is 1090. The average molecular weight is 430 g/mol. The molecule has 0 saturated carbocycles. The Hall–Kier alpha value is -2.21. The lowest BCUT2D eigenvalue weighted by atomic mass is 9.87. The smallest absolute Gasteiger partial charge is 0.182 e. The van der Waals surface area contributed by atoms with Crippen LogP contribution in [0.25, 0.3) is 0 Å². The first kappa shape index (κ1) is 21.5. The van der Waals surface area contributed by atoms with Crippen molar-refractivity contribution in [3.05, 3.63) is 94.3 Å². The highest BCUT2D eigenvalue weighted by Gasteiger charge is 2.22. The molecule has 1 aromatic heterocycles. The van der Waals surface area contributed by atoms with Gasteiger partial charge in [-0.05, 0) is 64.1 Å². The standard InChI is InChI=1S/C23H24ClNO3S/c1-23(2,3)18-5-8-20(9-6-18)29(27,28)15-17-4-7-19(24)14-21(17)22(26)16-10-12-25-13-11-16/h4-14,22,26H,15H2,1-3H3. The fourth-order valence-electron chi connectivity index (χ4n) is 3.13. The summed E-state index contributed by atoms with van der Waals surface area (Å²) >= 11 is 6.12. The van der Waals surface area contributed by atoms with E-state index in [1.165, 1.54) is 0 Å². The Morgan fingerprint density at radius 1 is 1.00 bits per heavy atom. The van der Waals surface area contributed by atoms with Crippen LogP contribution in [-0.4, -0.2) is 18.5 Å². The van der Waals surface area contributed by atoms with E-state index in [0.29, 0.717) is 21.7 Å². The molecule has 29 heavy (non-hydrogen) atoms. The van der Waals surface area contributed by atoms with Crippen molar-refractivity contribution in [2.24, 2.45) is 0 Å². The van der Waals surface area contributed by atoms with Crippen molar-refractivity contribution < 1.29 is 13.5 Å². The lowest BCUT2D eigenvalue weighted by Crippen LogP contribution is -2.13. The molecule has 152 valence electrons. The fourth-order valence-corrected chi connectivity index (χ4v) is 4.70. The summed E-state index contributed by atoms with van der Waals surface area (Å²) in [5.41, 5.74) is 2.62. The van der Waals surface area contributed by atoms with Crippen molar-refractivity contribution >= 4 is 21.4 Å². The second kappa shape index (κ2) is 8.27. The molecule has 3 rings (SSSR count). The van der Waals surface area contributed by atoms with Gasteiger partial charge >= 0.3 is 0 Å². The van der Waals surface area contributed by atoms with Gasteiger partial charge in [-0.2, -0.15) is 0 Å². The van der Waals surface area contributed by atoms with Crippen LogP contribution in [0.1, 0.15) is 49.1 Å². The van der Waals surface area contributed by atoms with Crippen LogP contribution in [0.15, 0.2) is 71.9 Å². The van der Waals surface area contributed by atoms with Crippen molar-refractivity contribution in [2.45, 2.75) is 42.9 Å². The second-order valence-electron chi connectivity index (χ2n) is 8.06. The summed E-state index contributed by atoms with van der Waals surface area (Å²) in [6, 6.07) is 15.3. The van der Waals surface area contributed by atoms with Gasteiger partial charge in [0.15, 0.2) is 9.84 Å². The molecular formula is C23H24ClNO3S. The molecular weight excluding hydrogens is 406 g/mol. The minimum Gasteiger partial charge on any atom is -0.384 e. The van der Waals surface area contributed by atoms with Gasteiger partial charge in [-0.1, -0.05) is 50.6 Å². The predicted molar refractivity (Wildman–Crippen MR) is 116 cm³/mol. The van der Waals surface area contributed by atoms with E-state index in [-0.39, 0.29) is 16.1 Å². The van der Waals surface area contributed by atoms with E-state index in [9.17, 15) is 13.5 Å². The maximum atomic E-state index is 13.0. The number of hydrogen-bond donors (Lipinski definition) is 1. The van der Waals surface area contributed by atoms with Crippen LogP contribution in [0.3, 0.4) is 0 Å². The number of benzene rings is 2.